The molecule has 1 aromatic heterocycles. The van der Waals surface area contributed by atoms with Crippen LogP contribution in [0, 0.1) is 11.6 Å². The molecule has 2 aromatic rings. The highest BCUT2D eigenvalue weighted by Crippen LogP contribution is 2.16. The zero-order valence-corrected chi connectivity index (χ0v) is 12.3. The summed E-state index contributed by atoms with van der Waals surface area (Å²) in [7, 11) is -2.70. The summed E-state index contributed by atoms with van der Waals surface area (Å²) in [6, 6.07) is 3.39. The van der Waals surface area contributed by atoms with Crippen LogP contribution in [-0.2, 0) is 23.6 Å². The standard InChI is InChI=1S/C13H13F2N3O3S/c1-18-6-5-9(8-18)7-16-13(19)17-22(20,21)11-4-2-3-10(14)12(11)15/h2-6,8H,7H2,1H3,(H2,16,17,19). The molecule has 2 amide bonds. The highest BCUT2D eigenvalue weighted by atomic mass is 32.2. The Morgan fingerprint density at radius 3 is 2.64 bits per heavy atom. The topological polar surface area (TPSA) is 80.2 Å². The van der Waals surface area contributed by atoms with E-state index in [0.29, 0.717) is 0 Å². The first-order chi connectivity index (χ1) is 10.3. The fourth-order valence-corrected chi connectivity index (χ4v) is 2.77. The van der Waals surface area contributed by atoms with Gasteiger partial charge >= 0.3 is 6.03 Å². The van der Waals surface area contributed by atoms with Crippen molar-refractivity contribution in [3.63, 3.8) is 0 Å². The van der Waals surface area contributed by atoms with Crippen LogP contribution in [0.15, 0.2) is 41.6 Å². The average Bonchev–Trinajstić information content (AvgIpc) is 2.84. The van der Waals surface area contributed by atoms with E-state index in [0.717, 1.165) is 23.8 Å². The Labute approximate surface area is 125 Å². The monoisotopic (exact) mass is 329 g/mol. The summed E-state index contributed by atoms with van der Waals surface area (Å²) < 4.78 is 53.6. The smallest absolute Gasteiger partial charge is 0.328 e. The van der Waals surface area contributed by atoms with Gasteiger partial charge in [0, 0.05) is 26.0 Å². The van der Waals surface area contributed by atoms with Crippen LogP contribution in [0.5, 0.6) is 0 Å². The van der Waals surface area contributed by atoms with Gasteiger partial charge in [0.1, 0.15) is 4.90 Å². The van der Waals surface area contributed by atoms with Gasteiger partial charge in [-0.15, -0.1) is 0 Å². The van der Waals surface area contributed by atoms with E-state index in [4.69, 9.17) is 0 Å². The number of sulfonamides is 1. The Balaban J connectivity index is 2.05. The molecule has 1 aromatic carbocycles. The molecule has 1 heterocycles. The molecule has 6 nitrogen and oxygen atoms in total. The van der Waals surface area contributed by atoms with Crippen LogP contribution in [0.1, 0.15) is 5.56 Å². The number of benzene rings is 1. The summed E-state index contributed by atoms with van der Waals surface area (Å²) in [4.78, 5) is 10.7. The van der Waals surface area contributed by atoms with Gasteiger partial charge in [-0.2, -0.15) is 0 Å². The Morgan fingerprint density at radius 2 is 2.00 bits per heavy atom. The van der Waals surface area contributed by atoms with Gasteiger partial charge in [-0.05, 0) is 23.8 Å². The van der Waals surface area contributed by atoms with Crippen molar-refractivity contribution >= 4 is 16.1 Å². The van der Waals surface area contributed by atoms with Gasteiger partial charge in [0.25, 0.3) is 10.0 Å². The molecule has 0 saturated heterocycles. The number of aryl methyl sites for hydroxylation is 1. The molecule has 118 valence electrons. The number of nitrogens with one attached hydrogen (secondary N) is 2. The van der Waals surface area contributed by atoms with E-state index in [1.54, 1.807) is 34.8 Å². The van der Waals surface area contributed by atoms with Gasteiger partial charge in [0.2, 0.25) is 0 Å². The summed E-state index contributed by atoms with van der Waals surface area (Å²) >= 11 is 0. The summed E-state index contributed by atoms with van der Waals surface area (Å²) in [5.41, 5.74) is 0.756. The number of hydrogen-bond acceptors (Lipinski definition) is 3. The number of aromatic nitrogens is 1. The van der Waals surface area contributed by atoms with Crippen LogP contribution >= 0.6 is 0 Å². The Kier molecular flexibility index (Phi) is 4.45. The minimum atomic E-state index is -4.49. The van der Waals surface area contributed by atoms with Gasteiger partial charge in [0.05, 0.1) is 0 Å². The SMILES string of the molecule is Cn1ccc(CNC(=O)NS(=O)(=O)c2cccc(F)c2F)c1. The van der Waals surface area contributed by atoms with Gasteiger partial charge in [-0.25, -0.2) is 26.7 Å². The Hall–Kier alpha value is -2.42. The van der Waals surface area contributed by atoms with Crippen molar-refractivity contribution in [2.24, 2.45) is 7.05 Å². The van der Waals surface area contributed by atoms with Crippen molar-refractivity contribution in [2.75, 3.05) is 0 Å². The normalized spacial score (nSPS) is 11.2. The summed E-state index contributed by atoms with van der Waals surface area (Å²) in [6.45, 7) is 0.0911. The quantitative estimate of drug-likeness (QED) is 0.892. The van der Waals surface area contributed by atoms with E-state index in [-0.39, 0.29) is 6.54 Å². The lowest BCUT2D eigenvalue weighted by Crippen LogP contribution is -2.39. The molecule has 0 saturated carbocycles. The van der Waals surface area contributed by atoms with Gasteiger partial charge in [-0.1, -0.05) is 6.07 Å². The molecule has 9 heteroatoms. The molecular formula is C13H13F2N3O3S. The second-order valence-corrected chi connectivity index (χ2v) is 6.18. The zero-order chi connectivity index (χ0) is 16.3. The Bertz CT molecular complexity index is 803. The largest absolute Gasteiger partial charge is 0.357 e. The van der Waals surface area contributed by atoms with Gasteiger partial charge in [0.15, 0.2) is 11.6 Å². The third-order valence-electron chi connectivity index (χ3n) is 2.78. The molecule has 0 unspecified atom stereocenters. The first kappa shape index (κ1) is 16.0. The fraction of sp³-hybridized carbons (Fsp3) is 0.154. The lowest BCUT2D eigenvalue weighted by molar-refractivity contribution is 0.245. The lowest BCUT2D eigenvalue weighted by Gasteiger charge is -2.09. The number of nitrogens with zero attached hydrogens (tertiary/aromatic N) is 1. The second-order valence-electron chi connectivity index (χ2n) is 4.53. The van der Waals surface area contributed by atoms with Crippen molar-refractivity contribution in [1.29, 1.82) is 0 Å². The van der Waals surface area contributed by atoms with Crippen molar-refractivity contribution in [3.8, 4) is 0 Å². The molecule has 0 bridgehead atoms. The van der Waals surface area contributed by atoms with Crippen LogP contribution in [0.4, 0.5) is 13.6 Å². The van der Waals surface area contributed by atoms with E-state index in [1.807, 2.05) is 0 Å². The number of carbonyl (C=O) groups is 1. The molecule has 0 spiro atoms. The predicted molar refractivity (Wildman–Crippen MR) is 74.3 cm³/mol. The molecule has 0 atom stereocenters. The van der Waals surface area contributed by atoms with Crippen molar-refractivity contribution in [1.82, 2.24) is 14.6 Å². The van der Waals surface area contributed by atoms with E-state index >= 15 is 0 Å². The van der Waals surface area contributed by atoms with Crippen LogP contribution in [0.3, 0.4) is 0 Å². The molecule has 2 N–H and O–H groups in total. The number of carbonyl (C=O) groups excluding carboxylic acids is 1. The highest BCUT2D eigenvalue weighted by molar-refractivity contribution is 7.90. The highest BCUT2D eigenvalue weighted by Gasteiger charge is 2.23. The maximum atomic E-state index is 13.5. The maximum Gasteiger partial charge on any atom is 0.328 e. The van der Waals surface area contributed by atoms with Crippen LogP contribution in [-0.4, -0.2) is 19.0 Å². The van der Waals surface area contributed by atoms with Crippen LogP contribution in [0.25, 0.3) is 0 Å². The van der Waals surface area contributed by atoms with Crippen molar-refractivity contribution in [2.45, 2.75) is 11.4 Å². The van der Waals surface area contributed by atoms with E-state index in [9.17, 15) is 22.0 Å². The number of amides is 2. The molecule has 0 aliphatic heterocycles. The van der Waals surface area contributed by atoms with Gasteiger partial charge < -0.3 is 9.88 Å². The molecule has 0 aliphatic carbocycles. The predicted octanol–water partition coefficient (Wildman–Crippen LogP) is 1.49. The fourth-order valence-electron chi connectivity index (χ4n) is 1.75. The summed E-state index contributed by atoms with van der Waals surface area (Å²) in [5, 5.41) is 2.31. The molecule has 22 heavy (non-hydrogen) atoms. The third kappa shape index (κ3) is 3.61. The van der Waals surface area contributed by atoms with Crippen molar-refractivity contribution < 1.29 is 22.0 Å². The van der Waals surface area contributed by atoms with Crippen LogP contribution in [0.2, 0.25) is 0 Å². The van der Waals surface area contributed by atoms with Gasteiger partial charge in [-0.3, -0.25) is 0 Å². The average molecular weight is 329 g/mol. The van der Waals surface area contributed by atoms with Crippen molar-refractivity contribution in [3.05, 3.63) is 53.9 Å². The van der Waals surface area contributed by atoms with E-state index in [2.05, 4.69) is 5.32 Å². The number of hydrogen-bond donors (Lipinski definition) is 2. The lowest BCUT2D eigenvalue weighted by atomic mass is 10.3. The third-order valence-corrected chi connectivity index (χ3v) is 4.13. The zero-order valence-electron chi connectivity index (χ0n) is 11.5. The summed E-state index contributed by atoms with van der Waals surface area (Å²) in [5.74, 6) is -2.85. The van der Waals surface area contributed by atoms with E-state index in [1.165, 1.54) is 0 Å². The minimum absolute atomic E-state index is 0.0911. The maximum absolute atomic E-state index is 13.5. The number of rotatable bonds is 4. The number of urea groups is 1. The second kappa shape index (κ2) is 6.14. The minimum Gasteiger partial charge on any atom is -0.357 e. The molecule has 0 fully saturated rings. The van der Waals surface area contributed by atoms with Crippen LogP contribution < -0.4 is 10.0 Å². The summed E-state index contributed by atoms with van der Waals surface area (Å²) in [6.07, 6.45) is 3.49. The molecule has 0 radical (unpaired) electrons. The first-order valence-electron chi connectivity index (χ1n) is 6.15. The molecular weight excluding hydrogens is 316 g/mol. The molecule has 0 aliphatic rings. The van der Waals surface area contributed by atoms with E-state index < -0.39 is 32.6 Å². The first-order valence-corrected chi connectivity index (χ1v) is 7.63. The Morgan fingerprint density at radius 1 is 1.27 bits per heavy atom. The molecule has 2 rings (SSSR count). The number of halogens is 2.